The highest BCUT2D eigenvalue weighted by Gasteiger charge is 2.14. The minimum absolute atomic E-state index is 0.119. The molecule has 142 valence electrons. The maximum absolute atomic E-state index is 13.5. The number of nitrogens with one attached hydrogen (secondary N) is 1. The molecule has 0 aliphatic rings. The third-order valence-corrected chi connectivity index (χ3v) is 4.88. The van der Waals surface area contributed by atoms with Crippen LogP contribution in [0.2, 0.25) is 0 Å². The van der Waals surface area contributed by atoms with E-state index in [1.165, 1.54) is 17.7 Å². The van der Waals surface area contributed by atoms with Gasteiger partial charge < -0.3 is 5.32 Å². The first-order chi connectivity index (χ1) is 13.6. The Morgan fingerprint density at radius 1 is 1.04 bits per heavy atom. The third-order valence-electron chi connectivity index (χ3n) is 4.88. The Bertz CT molecular complexity index is 1050. The summed E-state index contributed by atoms with van der Waals surface area (Å²) in [5, 5.41) is 12.2. The Balaban J connectivity index is 1.43. The molecule has 0 aliphatic carbocycles. The largest absolute Gasteiger partial charge is 0.306 e. The highest BCUT2D eigenvalue weighted by Crippen LogP contribution is 2.21. The van der Waals surface area contributed by atoms with Crippen LogP contribution in [0.5, 0.6) is 0 Å². The molecule has 28 heavy (non-hydrogen) atoms. The van der Waals surface area contributed by atoms with Gasteiger partial charge in [0.25, 0.3) is 0 Å². The van der Waals surface area contributed by atoms with Crippen molar-refractivity contribution in [3.63, 3.8) is 0 Å². The third kappa shape index (κ3) is 3.73. The lowest BCUT2D eigenvalue weighted by molar-refractivity contribution is 0.571. The minimum atomic E-state index is -0.265. The average molecular weight is 375 g/mol. The number of benzene rings is 2. The molecule has 1 unspecified atom stereocenters. The van der Waals surface area contributed by atoms with Gasteiger partial charge in [0.15, 0.2) is 0 Å². The van der Waals surface area contributed by atoms with Crippen molar-refractivity contribution in [1.29, 1.82) is 0 Å². The second-order valence-corrected chi connectivity index (χ2v) is 6.80. The maximum Gasteiger partial charge on any atom is 0.125 e. The highest BCUT2D eigenvalue weighted by molar-refractivity contribution is 5.36. The summed E-state index contributed by atoms with van der Waals surface area (Å²) in [7, 11) is 0. The van der Waals surface area contributed by atoms with Gasteiger partial charge in [0.05, 0.1) is 17.6 Å². The van der Waals surface area contributed by atoms with Crippen LogP contribution < -0.4 is 5.32 Å². The van der Waals surface area contributed by atoms with Gasteiger partial charge in [0.1, 0.15) is 5.82 Å². The Labute approximate surface area is 163 Å². The summed E-state index contributed by atoms with van der Waals surface area (Å²) < 4.78 is 17.1. The van der Waals surface area contributed by atoms with Crippen LogP contribution in [0, 0.1) is 12.7 Å². The van der Waals surface area contributed by atoms with Crippen LogP contribution in [0.15, 0.2) is 73.2 Å². The Hall–Kier alpha value is -3.25. The van der Waals surface area contributed by atoms with Crippen molar-refractivity contribution in [1.82, 2.24) is 24.9 Å². The van der Waals surface area contributed by atoms with E-state index >= 15 is 0 Å². The fourth-order valence-electron chi connectivity index (χ4n) is 3.28. The fraction of sp³-hybridized carbons (Fsp3) is 0.182. The van der Waals surface area contributed by atoms with E-state index in [-0.39, 0.29) is 11.9 Å². The van der Waals surface area contributed by atoms with Crippen LogP contribution in [0.3, 0.4) is 0 Å². The lowest BCUT2D eigenvalue weighted by atomic mass is 10.1. The lowest BCUT2D eigenvalue weighted by Gasteiger charge is -2.14. The topological polar surface area (TPSA) is 47.7 Å². The van der Waals surface area contributed by atoms with E-state index in [0.29, 0.717) is 0 Å². The van der Waals surface area contributed by atoms with Crippen LogP contribution in [0.1, 0.15) is 29.8 Å². The van der Waals surface area contributed by atoms with Crippen LogP contribution in [-0.2, 0) is 6.54 Å². The molecule has 0 fully saturated rings. The van der Waals surface area contributed by atoms with Crippen LogP contribution >= 0.6 is 0 Å². The SMILES string of the molecule is Cc1c(C(C)NCc2ccc(-n3cccn3)cc2)cnn1-c1cccc(F)c1. The minimum Gasteiger partial charge on any atom is -0.306 e. The zero-order valence-corrected chi connectivity index (χ0v) is 15.9. The molecule has 2 aromatic carbocycles. The van der Waals surface area contributed by atoms with Gasteiger partial charge in [-0.2, -0.15) is 10.2 Å². The number of hydrogen-bond donors (Lipinski definition) is 1. The molecule has 0 radical (unpaired) electrons. The zero-order valence-electron chi connectivity index (χ0n) is 15.9. The lowest BCUT2D eigenvalue weighted by Crippen LogP contribution is -2.18. The Morgan fingerprint density at radius 2 is 1.86 bits per heavy atom. The molecule has 1 N–H and O–H groups in total. The van der Waals surface area contributed by atoms with Gasteiger partial charge >= 0.3 is 0 Å². The van der Waals surface area contributed by atoms with Crippen molar-refractivity contribution < 1.29 is 4.39 Å². The number of hydrogen-bond acceptors (Lipinski definition) is 3. The predicted octanol–water partition coefficient (Wildman–Crippen LogP) is 4.36. The Morgan fingerprint density at radius 3 is 2.57 bits per heavy atom. The first-order valence-corrected chi connectivity index (χ1v) is 9.24. The van der Waals surface area contributed by atoms with E-state index in [2.05, 4.69) is 46.7 Å². The molecule has 2 heterocycles. The van der Waals surface area contributed by atoms with Gasteiger partial charge in [-0.3, -0.25) is 0 Å². The van der Waals surface area contributed by atoms with Crippen molar-refractivity contribution in [3.05, 3.63) is 95.8 Å². The number of nitrogens with zero attached hydrogens (tertiary/aromatic N) is 4. The van der Waals surface area contributed by atoms with Crippen LogP contribution in [-0.4, -0.2) is 19.6 Å². The van der Waals surface area contributed by atoms with Crippen molar-refractivity contribution in [3.8, 4) is 11.4 Å². The van der Waals surface area contributed by atoms with Crippen molar-refractivity contribution in [2.75, 3.05) is 0 Å². The summed E-state index contributed by atoms with van der Waals surface area (Å²) in [4.78, 5) is 0. The van der Waals surface area contributed by atoms with Crippen molar-refractivity contribution >= 4 is 0 Å². The monoisotopic (exact) mass is 375 g/mol. The number of halogens is 1. The molecular weight excluding hydrogens is 353 g/mol. The molecule has 0 saturated carbocycles. The Kier molecular flexibility index (Phi) is 5.04. The average Bonchev–Trinajstić information content (AvgIpc) is 3.36. The molecule has 0 amide bonds. The van der Waals surface area contributed by atoms with Gasteiger partial charge in [-0.05, 0) is 55.8 Å². The van der Waals surface area contributed by atoms with E-state index in [9.17, 15) is 4.39 Å². The molecule has 0 saturated heterocycles. The summed E-state index contributed by atoms with van der Waals surface area (Å²) in [5.74, 6) is -0.265. The molecule has 2 aromatic heterocycles. The van der Waals surface area contributed by atoms with Gasteiger partial charge in [0.2, 0.25) is 0 Å². The highest BCUT2D eigenvalue weighted by atomic mass is 19.1. The molecule has 0 spiro atoms. The molecule has 0 aliphatic heterocycles. The van der Waals surface area contributed by atoms with Gasteiger partial charge in [0, 0.05) is 36.2 Å². The summed E-state index contributed by atoms with van der Waals surface area (Å²) in [6.07, 6.45) is 5.54. The summed E-state index contributed by atoms with van der Waals surface area (Å²) >= 11 is 0. The molecule has 4 aromatic rings. The summed E-state index contributed by atoms with van der Waals surface area (Å²) in [6, 6.07) is 16.8. The second kappa shape index (κ2) is 7.78. The van der Waals surface area contributed by atoms with E-state index in [1.807, 2.05) is 36.1 Å². The molecule has 1 atom stereocenters. The van der Waals surface area contributed by atoms with Crippen molar-refractivity contribution in [2.24, 2.45) is 0 Å². The van der Waals surface area contributed by atoms with Gasteiger partial charge in [-0.25, -0.2) is 13.8 Å². The van der Waals surface area contributed by atoms with Crippen LogP contribution in [0.4, 0.5) is 4.39 Å². The molecule has 0 bridgehead atoms. The second-order valence-electron chi connectivity index (χ2n) is 6.80. The van der Waals surface area contributed by atoms with Gasteiger partial charge in [-0.1, -0.05) is 18.2 Å². The van der Waals surface area contributed by atoms with E-state index in [0.717, 1.165) is 29.2 Å². The summed E-state index contributed by atoms with van der Waals surface area (Å²) in [6.45, 7) is 4.85. The predicted molar refractivity (Wildman–Crippen MR) is 107 cm³/mol. The zero-order chi connectivity index (χ0) is 19.5. The number of aromatic nitrogens is 4. The standard InChI is InChI=1S/C22H22FN5/c1-16(22-15-26-28(17(22)2)21-6-3-5-19(23)13-21)24-14-18-7-9-20(10-8-18)27-12-4-11-25-27/h3-13,15-16,24H,14H2,1-2H3. The molecule has 6 heteroatoms. The smallest absolute Gasteiger partial charge is 0.125 e. The van der Waals surface area contributed by atoms with E-state index in [4.69, 9.17) is 0 Å². The molecular formula is C22H22FN5. The summed E-state index contributed by atoms with van der Waals surface area (Å²) in [5.41, 5.74) is 5.05. The van der Waals surface area contributed by atoms with E-state index < -0.39 is 0 Å². The van der Waals surface area contributed by atoms with Crippen LogP contribution in [0.25, 0.3) is 11.4 Å². The molecule has 4 rings (SSSR count). The quantitative estimate of drug-likeness (QED) is 0.545. The van der Waals surface area contributed by atoms with Gasteiger partial charge in [-0.15, -0.1) is 0 Å². The first-order valence-electron chi connectivity index (χ1n) is 9.24. The van der Waals surface area contributed by atoms with E-state index in [1.54, 1.807) is 16.9 Å². The number of rotatable bonds is 6. The fourth-order valence-corrected chi connectivity index (χ4v) is 3.28. The maximum atomic E-state index is 13.5. The van der Waals surface area contributed by atoms with Crippen molar-refractivity contribution in [2.45, 2.75) is 26.4 Å². The first kappa shape index (κ1) is 18.1. The normalized spacial score (nSPS) is 12.2. The molecule has 5 nitrogen and oxygen atoms in total.